The van der Waals surface area contributed by atoms with Crippen molar-refractivity contribution in [3.05, 3.63) is 28.2 Å². The Labute approximate surface area is 161 Å². The monoisotopic (exact) mass is 420 g/mol. The molecule has 2 saturated heterocycles. The molecule has 0 spiro atoms. The lowest BCUT2D eigenvalue weighted by molar-refractivity contribution is -0.117. The van der Waals surface area contributed by atoms with E-state index in [9.17, 15) is 13.2 Å². The van der Waals surface area contributed by atoms with E-state index in [1.807, 2.05) is 6.92 Å². The third-order valence-electron chi connectivity index (χ3n) is 4.20. The molecule has 9 heteroatoms. The summed E-state index contributed by atoms with van der Waals surface area (Å²) >= 11 is 13.6. The number of unbranched alkanes of at least 4 members (excludes halogenated alkanes) is 1. The average molecular weight is 421 g/mol. The molecule has 1 aromatic rings. The number of hydrogen-bond donors (Lipinski definition) is 0. The quantitative estimate of drug-likeness (QED) is 0.740. The highest BCUT2D eigenvalue weighted by atomic mass is 35.5. The summed E-state index contributed by atoms with van der Waals surface area (Å²) < 4.78 is 24.1. The summed E-state index contributed by atoms with van der Waals surface area (Å²) in [4.78, 5) is 18.2. The number of amides is 1. The van der Waals surface area contributed by atoms with Gasteiger partial charge in [0.1, 0.15) is 0 Å². The number of sulfone groups is 1. The fourth-order valence-corrected chi connectivity index (χ4v) is 7.44. The van der Waals surface area contributed by atoms with Crippen LogP contribution in [-0.4, -0.2) is 42.3 Å². The molecule has 2 atom stereocenters. The maximum Gasteiger partial charge on any atom is 0.248 e. The van der Waals surface area contributed by atoms with Crippen molar-refractivity contribution in [1.29, 1.82) is 0 Å². The van der Waals surface area contributed by atoms with Crippen LogP contribution in [-0.2, 0) is 14.6 Å². The summed E-state index contributed by atoms with van der Waals surface area (Å²) in [7, 11) is -3.11. The fraction of sp³-hybridized carbons (Fsp3) is 0.500. The lowest BCUT2D eigenvalue weighted by Crippen LogP contribution is -2.37. The van der Waals surface area contributed by atoms with Crippen molar-refractivity contribution in [2.75, 3.05) is 16.4 Å². The predicted octanol–water partition coefficient (Wildman–Crippen LogP) is 3.79. The third kappa shape index (κ3) is 4.15. The zero-order valence-corrected chi connectivity index (χ0v) is 16.8. The smallest absolute Gasteiger partial charge is 0.248 e. The van der Waals surface area contributed by atoms with Crippen molar-refractivity contribution in [3.63, 3.8) is 0 Å². The van der Waals surface area contributed by atoms with Crippen LogP contribution in [0.25, 0.3) is 0 Å². The molecule has 0 bridgehead atoms. The number of hydrogen-bond acceptors (Lipinski definition) is 4. The van der Waals surface area contributed by atoms with E-state index < -0.39 is 9.84 Å². The van der Waals surface area contributed by atoms with Crippen molar-refractivity contribution in [2.24, 2.45) is 4.99 Å². The van der Waals surface area contributed by atoms with Crippen LogP contribution in [0.1, 0.15) is 26.2 Å². The number of anilines is 1. The standard InChI is InChI=1S/C16H18Cl2N2O3S2/c1-2-3-4-15(21)19-16-20(12-6-5-10(17)7-11(12)18)13-8-25(22,23)9-14(13)24-16/h5-7,13-14H,2-4,8-9H2,1H3/t13-,14-/m1/s1. The first-order chi connectivity index (χ1) is 11.8. The van der Waals surface area contributed by atoms with Gasteiger partial charge in [-0.1, -0.05) is 48.3 Å². The predicted molar refractivity (Wildman–Crippen MR) is 105 cm³/mol. The van der Waals surface area contributed by atoms with Gasteiger partial charge in [-0.2, -0.15) is 4.99 Å². The lowest BCUT2D eigenvalue weighted by Gasteiger charge is -2.25. The number of benzene rings is 1. The van der Waals surface area contributed by atoms with Crippen LogP contribution in [0, 0.1) is 0 Å². The number of aliphatic imine (C=N–C) groups is 1. The second-order valence-electron chi connectivity index (χ2n) is 6.16. The van der Waals surface area contributed by atoms with Crippen LogP contribution in [0.5, 0.6) is 0 Å². The summed E-state index contributed by atoms with van der Waals surface area (Å²) in [6.07, 6.45) is 2.08. The molecule has 2 aliphatic heterocycles. The molecule has 2 aliphatic rings. The number of halogens is 2. The molecule has 2 fully saturated rings. The molecule has 0 aliphatic carbocycles. The van der Waals surface area contributed by atoms with Gasteiger partial charge in [0.2, 0.25) is 5.91 Å². The summed E-state index contributed by atoms with van der Waals surface area (Å²) in [5.41, 5.74) is 0.630. The molecule has 5 nitrogen and oxygen atoms in total. The molecule has 0 aromatic heterocycles. The third-order valence-corrected chi connectivity index (χ3v) is 7.95. The van der Waals surface area contributed by atoms with E-state index in [0.717, 1.165) is 12.8 Å². The first kappa shape index (κ1) is 19.0. The van der Waals surface area contributed by atoms with Gasteiger partial charge in [0, 0.05) is 16.7 Å². The summed E-state index contributed by atoms with van der Waals surface area (Å²) in [6, 6.07) is 4.77. The second kappa shape index (κ2) is 7.47. The van der Waals surface area contributed by atoms with Crippen molar-refractivity contribution in [1.82, 2.24) is 0 Å². The first-order valence-corrected chi connectivity index (χ1v) is 11.5. The number of thioether (sulfide) groups is 1. The summed E-state index contributed by atoms with van der Waals surface area (Å²) in [5, 5.41) is 1.28. The molecule has 0 N–H and O–H groups in total. The lowest BCUT2D eigenvalue weighted by atomic mass is 10.2. The van der Waals surface area contributed by atoms with Crippen molar-refractivity contribution in [2.45, 2.75) is 37.5 Å². The number of carbonyl (C=O) groups excluding carboxylic acids is 1. The first-order valence-electron chi connectivity index (χ1n) is 8.03. The number of fused-ring (bicyclic) bond motifs is 1. The molecule has 1 amide bonds. The number of amidine groups is 1. The van der Waals surface area contributed by atoms with E-state index >= 15 is 0 Å². The van der Waals surface area contributed by atoms with Crippen LogP contribution < -0.4 is 4.90 Å². The SMILES string of the molecule is CCCCC(=O)N=C1S[C@@H]2CS(=O)(=O)C[C@H]2N1c1ccc(Cl)cc1Cl. The maximum atomic E-state index is 12.1. The van der Waals surface area contributed by atoms with Crippen LogP contribution >= 0.6 is 35.0 Å². The Hall–Kier alpha value is -0.760. The highest BCUT2D eigenvalue weighted by Crippen LogP contribution is 2.43. The van der Waals surface area contributed by atoms with E-state index in [0.29, 0.717) is 27.3 Å². The Morgan fingerprint density at radius 3 is 2.80 bits per heavy atom. The zero-order valence-electron chi connectivity index (χ0n) is 13.6. The average Bonchev–Trinajstić information content (AvgIpc) is 2.97. The fourth-order valence-electron chi connectivity index (χ4n) is 3.01. The zero-order chi connectivity index (χ0) is 18.2. The Bertz CT molecular complexity index is 827. The minimum atomic E-state index is -3.11. The van der Waals surface area contributed by atoms with E-state index in [4.69, 9.17) is 23.2 Å². The van der Waals surface area contributed by atoms with Crippen LogP contribution in [0.2, 0.25) is 10.0 Å². The molecule has 136 valence electrons. The minimum absolute atomic E-state index is 0.0335. The number of nitrogens with zero attached hydrogens (tertiary/aromatic N) is 2. The number of carbonyl (C=O) groups is 1. The molecular formula is C16H18Cl2N2O3S2. The van der Waals surface area contributed by atoms with Gasteiger partial charge in [-0.25, -0.2) is 8.42 Å². The Balaban J connectivity index is 1.98. The Morgan fingerprint density at radius 2 is 2.12 bits per heavy atom. The largest absolute Gasteiger partial charge is 0.314 e. The Morgan fingerprint density at radius 1 is 1.36 bits per heavy atom. The van der Waals surface area contributed by atoms with E-state index in [1.165, 1.54) is 11.8 Å². The second-order valence-corrected chi connectivity index (χ2v) is 10.4. The summed E-state index contributed by atoms with van der Waals surface area (Å²) in [5.74, 6) is -0.0693. The molecule has 25 heavy (non-hydrogen) atoms. The van der Waals surface area contributed by atoms with Gasteiger partial charge in [-0.05, 0) is 24.6 Å². The van der Waals surface area contributed by atoms with Gasteiger partial charge in [0.15, 0.2) is 15.0 Å². The molecule has 2 heterocycles. The topological polar surface area (TPSA) is 66.8 Å². The maximum absolute atomic E-state index is 12.1. The van der Waals surface area contributed by atoms with Gasteiger partial charge in [-0.3, -0.25) is 4.79 Å². The van der Waals surface area contributed by atoms with Crippen LogP contribution in [0.3, 0.4) is 0 Å². The van der Waals surface area contributed by atoms with Crippen LogP contribution in [0.4, 0.5) is 5.69 Å². The van der Waals surface area contributed by atoms with E-state index in [2.05, 4.69) is 4.99 Å². The number of rotatable bonds is 4. The van der Waals surface area contributed by atoms with Crippen molar-refractivity contribution in [3.8, 4) is 0 Å². The molecule has 0 unspecified atom stereocenters. The van der Waals surface area contributed by atoms with Crippen molar-refractivity contribution < 1.29 is 13.2 Å². The molecule has 1 aromatic carbocycles. The molecule has 0 radical (unpaired) electrons. The minimum Gasteiger partial charge on any atom is -0.314 e. The van der Waals surface area contributed by atoms with Gasteiger partial charge < -0.3 is 4.90 Å². The van der Waals surface area contributed by atoms with Gasteiger partial charge in [-0.15, -0.1) is 0 Å². The van der Waals surface area contributed by atoms with E-state index in [1.54, 1.807) is 23.1 Å². The molecular weight excluding hydrogens is 403 g/mol. The van der Waals surface area contributed by atoms with Crippen LogP contribution in [0.15, 0.2) is 23.2 Å². The summed E-state index contributed by atoms with van der Waals surface area (Å²) in [6.45, 7) is 2.01. The van der Waals surface area contributed by atoms with E-state index in [-0.39, 0.29) is 28.7 Å². The highest BCUT2D eigenvalue weighted by molar-refractivity contribution is 8.16. The van der Waals surface area contributed by atoms with Gasteiger partial charge in [0.25, 0.3) is 0 Å². The molecule has 3 rings (SSSR count). The van der Waals surface area contributed by atoms with Crippen molar-refractivity contribution >= 4 is 61.6 Å². The molecule has 0 saturated carbocycles. The van der Waals surface area contributed by atoms with Gasteiger partial charge >= 0.3 is 0 Å². The van der Waals surface area contributed by atoms with Gasteiger partial charge in [0.05, 0.1) is 28.3 Å². The highest BCUT2D eigenvalue weighted by Gasteiger charge is 2.49. The Kier molecular flexibility index (Phi) is 5.68. The normalized spacial score (nSPS) is 26.2.